The first kappa shape index (κ1) is 26.4. The third-order valence-electron chi connectivity index (χ3n) is 6.61. The number of anilines is 1. The van der Waals surface area contributed by atoms with Crippen LogP contribution in [-0.2, 0) is 21.2 Å². The van der Waals surface area contributed by atoms with Crippen LogP contribution in [0.1, 0.15) is 29.2 Å². The Morgan fingerprint density at radius 1 is 0.865 bits per heavy atom. The van der Waals surface area contributed by atoms with Gasteiger partial charge < -0.3 is 5.32 Å². The number of hydrogen-bond donors (Lipinski definition) is 1. The molecular formula is C31H34N2O3S. The van der Waals surface area contributed by atoms with E-state index in [4.69, 9.17) is 0 Å². The number of carbonyl (C=O) groups excluding carboxylic acids is 1. The Hall–Kier alpha value is -3.64. The van der Waals surface area contributed by atoms with Crippen LogP contribution in [0.15, 0.2) is 89.8 Å². The molecule has 0 radical (unpaired) electrons. The van der Waals surface area contributed by atoms with Gasteiger partial charge in [-0.15, -0.1) is 0 Å². The van der Waals surface area contributed by atoms with E-state index in [1.807, 2.05) is 45.0 Å². The number of fused-ring (bicyclic) bond motifs is 1. The van der Waals surface area contributed by atoms with Gasteiger partial charge in [-0.1, -0.05) is 84.8 Å². The van der Waals surface area contributed by atoms with Gasteiger partial charge >= 0.3 is 0 Å². The topological polar surface area (TPSA) is 66.5 Å². The highest BCUT2D eigenvalue weighted by molar-refractivity contribution is 7.92. The molecule has 0 aliphatic carbocycles. The van der Waals surface area contributed by atoms with Crippen molar-refractivity contribution in [2.24, 2.45) is 5.92 Å². The standard InChI is InChI=1S/C31H34N2O3S/c1-22-12-15-28(16-13-22)37(35,36)33(30-17-14-23(2)18-25(30)4)21-31(34)32-20-24(3)19-27-10-7-9-26-8-5-6-11-29(26)27/h5-18,24H,19-21H2,1-4H3,(H,32,34). The van der Waals surface area contributed by atoms with E-state index in [1.165, 1.54) is 20.6 Å². The number of nitrogens with one attached hydrogen (secondary N) is 1. The zero-order valence-corrected chi connectivity index (χ0v) is 22.7. The minimum atomic E-state index is -3.94. The molecule has 4 aromatic carbocycles. The number of rotatable bonds is 9. The average Bonchev–Trinajstić information content (AvgIpc) is 2.87. The number of sulfonamides is 1. The summed E-state index contributed by atoms with van der Waals surface area (Å²) in [6, 6.07) is 26.8. The predicted molar refractivity (Wildman–Crippen MR) is 151 cm³/mol. The quantitative estimate of drug-likeness (QED) is 0.300. The highest BCUT2D eigenvalue weighted by Gasteiger charge is 2.28. The summed E-state index contributed by atoms with van der Waals surface area (Å²) in [7, 11) is -3.94. The maximum atomic E-state index is 13.7. The van der Waals surface area contributed by atoms with Gasteiger partial charge in [0.25, 0.3) is 10.0 Å². The van der Waals surface area contributed by atoms with E-state index in [0.717, 1.165) is 23.1 Å². The minimum Gasteiger partial charge on any atom is -0.354 e. The Labute approximate surface area is 220 Å². The Balaban J connectivity index is 1.51. The molecule has 37 heavy (non-hydrogen) atoms. The summed E-state index contributed by atoms with van der Waals surface area (Å²) in [5, 5.41) is 5.38. The molecular weight excluding hydrogens is 480 g/mol. The van der Waals surface area contributed by atoms with Crippen molar-refractivity contribution in [3.05, 3.63) is 107 Å². The van der Waals surface area contributed by atoms with Gasteiger partial charge in [0, 0.05) is 6.54 Å². The second-order valence-electron chi connectivity index (χ2n) is 9.87. The zero-order valence-electron chi connectivity index (χ0n) is 21.9. The van der Waals surface area contributed by atoms with Gasteiger partial charge in [0.15, 0.2) is 0 Å². The van der Waals surface area contributed by atoms with Gasteiger partial charge in [-0.3, -0.25) is 9.10 Å². The molecule has 0 spiro atoms. The van der Waals surface area contributed by atoms with Crippen molar-refractivity contribution in [2.75, 3.05) is 17.4 Å². The van der Waals surface area contributed by atoms with Crippen LogP contribution in [0.2, 0.25) is 0 Å². The van der Waals surface area contributed by atoms with Crippen molar-refractivity contribution in [3.8, 4) is 0 Å². The summed E-state index contributed by atoms with van der Waals surface area (Å²) in [6.45, 7) is 7.98. The zero-order chi connectivity index (χ0) is 26.6. The van der Waals surface area contributed by atoms with Crippen LogP contribution in [0.5, 0.6) is 0 Å². The molecule has 4 aromatic rings. The molecule has 5 nitrogen and oxygen atoms in total. The Morgan fingerprint density at radius 3 is 2.27 bits per heavy atom. The highest BCUT2D eigenvalue weighted by atomic mass is 32.2. The molecule has 0 aliphatic rings. The lowest BCUT2D eigenvalue weighted by Crippen LogP contribution is -2.42. The molecule has 0 bridgehead atoms. The maximum absolute atomic E-state index is 13.7. The van der Waals surface area contributed by atoms with Gasteiger partial charge in [-0.05, 0) is 73.2 Å². The highest BCUT2D eigenvalue weighted by Crippen LogP contribution is 2.28. The smallest absolute Gasteiger partial charge is 0.264 e. The van der Waals surface area contributed by atoms with Crippen molar-refractivity contribution in [1.29, 1.82) is 0 Å². The van der Waals surface area contributed by atoms with E-state index in [9.17, 15) is 13.2 Å². The van der Waals surface area contributed by atoms with Crippen LogP contribution >= 0.6 is 0 Å². The maximum Gasteiger partial charge on any atom is 0.264 e. The number of nitrogens with zero attached hydrogens (tertiary/aromatic N) is 1. The van der Waals surface area contributed by atoms with Crippen LogP contribution in [0.4, 0.5) is 5.69 Å². The van der Waals surface area contributed by atoms with Crippen LogP contribution < -0.4 is 9.62 Å². The number of hydrogen-bond acceptors (Lipinski definition) is 3. The number of carbonyl (C=O) groups is 1. The molecule has 0 fully saturated rings. The van der Waals surface area contributed by atoms with Crippen molar-refractivity contribution >= 4 is 32.4 Å². The molecule has 0 heterocycles. The molecule has 0 saturated heterocycles. The van der Waals surface area contributed by atoms with E-state index >= 15 is 0 Å². The molecule has 1 atom stereocenters. The summed E-state index contributed by atoms with van der Waals surface area (Å²) in [6.07, 6.45) is 0.810. The second-order valence-corrected chi connectivity index (χ2v) is 11.7. The van der Waals surface area contributed by atoms with Gasteiger partial charge in [0.1, 0.15) is 6.54 Å². The largest absolute Gasteiger partial charge is 0.354 e. The lowest BCUT2D eigenvalue weighted by atomic mass is 9.96. The molecule has 1 unspecified atom stereocenters. The second kappa shape index (κ2) is 11.2. The van der Waals surface area contributed by atoms with Crippen LogP contribution in [0, 0.1) is 26.7 Å². The average molecular weight is 515 g/mol. The first-order valence-electron chi connectivity index (χ1n) is 12.5. The first-order valence-corrected chi connectivity index (χ1v) is 14.0. The molecule has 0 aliphatic heterocycles. The minimum absolute atomic E-state index is 0.162. The molecule has 0 saturated carbocycles. The van der Waals surface area contributed by atoms with Crippen molar-refractivity contribution in [1.82, 2.24) is 5.32 Å². The monoisotopic (exact) mass is 514 g/mol. The van der Waals surface area contributed by atoms with Gasteiger partial charge in [0.2, 0.25) is 5.91 Å². The van der Waals surface area contributed by atoms with E-state index < -0.39 is 10.0 Å². The van der Waals surface area contributed by atoms with E-state index in [2.05, 4.69) is 42.6 Å². The third kappa shape index (κ3) is 6.20. The van der Waals surface area contributed by atoms with Crippen LogP contribution in [0.3, 0.4) is 0 Å². The fourth-order valence-corrected chi connectivity index (χ4v) is 6.10. The molecule has 192 valence electrons. The normalized spacial score (nSPS) is 12.3. The Morgan fingerprint density at radius 2 is 1.54 bits per heavy atom. The SMILES string of the molecule is Cc1ccc(S(=O)(=O)N(CC(=O)NCC(C)Cc2cccc3ccccc23)c2ccc(C)cc2C)cc1. The molecule has 1 N–H and O–H groups in total. The predicted octanol–water partition coefficient (Wildman–Crippen LogP) is 5.96. The van der Waals surface area contributed by atoms with Crippen molar-refractivity contribution in [3.63, 3.8) is 0 Å². The number of aryl methyl sites for hydroxylation is 3. The molecule has 4 rings (SSSR count). The Kier molecular flexibility index (Phi) is 7.98. The lowest BCUT2D eigenvalue weighted by Gasteiger charge is -2.26. The van der Waals surface area contributed by atoms with Crippen LogP contribution in [0.25, 0.3) is 10.8 Å². The summed E-state index contributed by atoms with van der Waals surface area (Å²) in [5.41, 5.74) is 4.53. The van der Waals surface area contributed by atoms with Crippen molar-refractivity contribution in [2.45, 2.75) is 39.0 Å². The summed E-state index contributed by atoms with van der Waals surface area (Å²) in [4.78, 5) is 13.3. The fraction of sp³-hybridized carbons (Fsp3) is 0.258. The van der Waals surface area contributed by atoms with Gasteiger partial charge in [-0.25, -0.2) is 8.42 Å². The summed E-state index contributed by atoms with van der Waals surface area (Å²) < 4.78 is 28.6. The third-order valence-corrected chi connectivity index (χ3v) is 8.39. The molecule has 1 amide bonds. The summed E-state index contributed by atoms with van der Waals surface area (Å²) in [5.74, 6) is -0.154. The van der Waals surface area contributed by atoms with Gasteiger partial charge in [-0.2, -0.15) is 0 Å². The van der Waals surface area contributed by atoms with E-state index in [0.29, 0.717) is 12.2 Å². The fourth-order valence-electron chi connectivity index (χ4n) is 4.61. The molecule has 6 heteroatoms. The van der Waals surface area contributed by atoms with Gasteiger partial charge in [0.05, 0.1) is 10.6 Å². The van der Waals surface area contributed by atoms with Crippen molar-refractivity contribution < 1.29 is 13.2 Å². The first-order chi connectivity index (χ1) is 17.6. The number of amides is 1. The van der Waals surface area contributed by atoms with E-state index in [1.54, 1.807) is 30.3 Å². The van der Waals surface area contributed by atoms with E-state index in [-0.39, 0.29) is 23.3 Å². The van der Waals surface area contributed by atoms with Crippen LogP contribution in [-0.4, -0.2) is 27.4 Å². The number of benzene rings is 4. The molecule has 0 aromatic heterocycles. The lowest BCUT2D eigenvalue weighted by molar-refractivity contribution is -0.119. The Bertz CT molecular complexity index is 1510. The summed E-state index contributed by atoms with van der Waals surface area (Å²) >= 11 is 0.